The molecule has 5 heteroatoms. The van der Waals surface area contributed by atoms with Crippen molar-refractivity contribution in [2.45, 2.75) is 31.2 Å². The van der Waals surface area contributed by atoms with Crippen LogP contribution in [0.2, 0.25) is 0 Å². The lowest BCUT2D eigenvalue weighted by Gasteiger charge is -2.26. The second kappa shape index (κ2) is 4.52. The Morgan fingerprint density at radius 1 is 1.43 bits per heavy atom. The molecule has 0 fully saturated rings. The predicted molar refractivity (Wildman–Crippen MR) is 50.4 cm³/mol. The summed E-state index contributed by atoms with van der Waals surface area (Å²) in [6.07, 6.45) is 5.08. The smallest absolute Gasteiger partial charge is 0.288 e. The number of rotatable bonds is 4. The molecule has 0 spiro atoms. The molecule has 0 radical (unpaired) electrons. The Morgan fingerprint density at radius 2 is 2.07 bits per heavy atom. The van der Waals surface area contributed by atoms with Gasteiger partial charge in [-0.3, -0.25) is 10.1 Å². The van der Waals surface area contributed by atoms with Crippen LogP contribution in [0.15, 0.2) is 11.6 Å². The molecule has 0 saturated carbocycles. The molecule has 2 N–H and O–H groups in total. The Balaban J connectivity index is 2.96. The predicted octanol–water partition coefficient (Wildman–Crippen LogP) is 0.487. The first-order valence-electron chi connectivity index (χ1n) is 4.73. The van der Waals surface area contributed by atoms with Crippen molar-refractivity contribution < 1.29 is 15.1 Å². The molecule has 1 aliphatic rings. The maximum atomic E-state index is 10.8. The van der Waals surface area contributed by atoms with Gasteiger partial charge in [-0.15, -0.1) is 0 Å². The minimum absolute atomic E-state index is 0.568. The molecule has 1 aliphatic carbocycles. The summed E-state index contributed by atoms with van der Waals surface area (Å²) in [6.45, 7) is -1.27. The van der Waals surface area contributed by atoms with Crippen LogP contribution in [0.1, 0.15) is 25.7 Å². The highest BCUT2D eigenvalue weighted by Crippen LogP contribution is 2.29. The van der Waals surface area contributed by atoms with E-state index in [2.05, 4.69) is 0 Å². The second-order valence-electron chi connectivity index (χ2n) is 3.58. The third-order valence-corrected chi connectivity index (χ3v) is 2.76. The Hall–Kier alpha value is -0.940. The van der Waals surface area contributed by atoms with E-state index < -0.39 is 23.7 Å². The number of aliphatic hydroxyl groups is 2. The van der Waals surface area contributed by atoms with Crippen molar-refractivity contribution in [3.63, 3.8) is 0 Å². The molecule has 5 nitrogen and oxygen atoms in total. The van der Waals surface area contributed by atoms with Gasteiger partial charge in [0.15, 0.2) is 0 Å². The fraction of sp³-hybridized carbons (Fsp3) is 0.778. The van der Waals surface area contributed by atoms with Gasteiger partial charge < -0.3 is 10.2 Å². The normalized spacial score (nSPS) is 17.7. The number of aliphatic hydroxyl groups excluding tert-OH is 2. The first-order chi connectivity index (χ1) is 6.67. The van der Waals surface area contributed by atoms with Crippen molar-refractivity contribution in [2.24, 2.45) is 0 Å². The summed E-state index contributed by atoms with van der Waals surface area (Å²) < 4.78 is 0. The van der Waals surface area contributed by atoms with Crippen LogP contribution in [0.25, 0.3) is 0 Å². The van der Waals surface area contributed by atoms with Crippen LogP contribution in [-0.4, -0.2) is 33.9 Å². The van der Waals surface area contributed by atoms with Gasteiger partial charge in [-0.25, -0.2) is 0 Å². The Morgan fingerprint density at radius 3 is 2.43 bits per heavy atom. The Labute approximate surface area is 82.2 Å². The minimum atomic E-state index is -1.65. The van der Waals surface area contributed by atoms with Gasteiger partial charge in [0, 0.05) is 10.5 Å². The largest absolute Gasteiger partial charge is 0.388 e. The van der Waals surface area contributed by atoms with E-state index in [-0.39, 0.29) is 0 Å². The maximum Gasteiger partial charge on any atom is 0.288 e. The van der Waals surface area contributed by atoms with Gasteiger partial charge in [-0.05, 0) is 25.7 Å². The highest BCUT2D eigenvalue weighted by atomic mass is 16.6. The SMILES string of the molecule is O=[N+]([O-])C(CO)(CO)C1=CCCCC1. The summed E-state index contributed by atoms with van der Waals surface area (Å²) in [5.74, 6) is 0. The average molecular weight is 201 g/mol. The van der Waals surface area contributed by atoms with Crippen LogP contribution in [0, 0.1) is 10.1 Å². The van der Waals surface area contributed by atoms with Crippen LogP contribution in [0.4, 0.5) is 0 Å². The molecule has 0 aromatic carbocycles. The molecule has 0 aromatic rings. The lowest BCUT2D eigenvalue weighted by Crippen LogP contribution is -2.48. The number of allylic oxidation sites excluding steroid dienone is 1. The lowest BCUT2D eigenvalue weighted by molar-refractivity contribution is -0.565. The fourth-order valence-corrected chi connectivity index (χ4v) is 1.75. The van der Waals surface area contributed by atoms with Crippen LogP contribution in [0.5, 0.6) is 0 Å². The Bertz CT molecular complexity index is 245. The zero-order valence-electron chi connectivity index (χ0n) is 7.98. The standard InChI is InChI=1S/C9H15NO4/c11-6-9(7-12,10(13)14)8-4-2-1-3-5-8/h4,11-12H,1-3,5-7H2. The van der Waals surface area contributed by atoms with E-state index in [1.165, 1.54) is 0 Å². The molecule has 0 unspecified atom stereocenters. The number of nitro groups is 1. The molecule has 0 atom stereocenters. The molecule has 0 amide bonds. The quantitative estimate of drug-likeness (QED) is 0.394. The molecular weight excluding hydrogens is 186 g/mol. The van der Waals surface area contributed by atoms with E-state index in [4.69, 9.17) is 10.2 Å². The summed E-state index contributed by atoms with van der Waals surface area (Å²) in [6, 6.07) is 0. The van der Waals surface area contributed by atoms with E-state index in [0.717, 1.165) is 19.3 Å². The van der Waals surface area contributed by atoms with Crippen LogP contribution in [0.3, 0.4) is 0 Å². The monoisotopic (exact) mass is 201 g/mol. The van der Waals surface area contributed by atoms with Crippen LogP contribution < -0.4 is 0 Å². The van der Waals surface area contributed by atoms with Gasteiger partial charge in [0.25, 0.3) is 5.54 Å². The molecule has 14 heavy (non-hydrogen) atoms. The van der Waals surface area contributed by atoms with Crippen molar-refractivity contribution in [3.8, 4) is 0 Å². The third-order valence-electron chi connectivity index (χ3n) is 2.76. The summed E-state index contributed by atoms with van der Waals surface area (Å²) in [4.78, 5) is 10.2. The second-order valence-corrected chi connectivity index (χ2v) is 3.58. The van der Waals surface area contributed by atoms with Gasteiger partial charge in [0.1, 0.15) is 13.2 Å². The van der Waals surface area contributed by atoms with Crippen molar-refractivity contribution in [1.82, 2.24) is 0 Å². The van der Waals surface area contributed by atoms with Crippen molar-refractivity contribution in [2.75, 3.05) is 13.2 Å². The zero-order chi connectivity index (χ0) is 10.6. The first-order valence-corrected chi connectivity index (χ1v) is 4.73. The molecule has 1 rings (SSSR count). The van der Waals surface area contributed by atoms with Crippen molar-refractivity contribution in [3.05, 3.63) is 21.8 Å². The van der Waals surface area contributed by atoms with Gasteiger partial charge in [-0.1, -0.05) is 6.08 Å². The molecular formula is C9H15NO4. The molecule has 0 bridgehead atoms. The summed E-state index contributed by atoms with van der Waals surface area (Å²) in [7, 11) is 0. The Kier molecular flexibility index (Phi) is 3.60. The van der Waals surface area contributed by atoms with E-state index in [1.807, 2.05) is 0 Å². The minimum Gasteiger partial charge on any atom is -0.388 e. The highest BCUT2D eigenvalue weighted by Gasteiger charge is 2.45. The highest BCUT2D eigenvalue weighted by molar-refractivity contribution is 5.19. The number of hydrogen-bond acceptors (Lipinski definition) is 4. The van der Waals surface area contributed by atoms with Crippen LogP contribution in [-0.2, 0) is 0 Å². The maximum absolute atomic E-state index is 10.8. The topological polar surface area (TPSA) is 83.6 Å². The lowest BCUT2D eigenvalue weighted by atomic mass is 9.84. The van der Waals surface area contributed by atoms with Crippen molar-refractivity contribution in [1.29, 1.82) is 0 Å². The van der Waals surface area contributed by atoms with E-state index in [1.54, 1.807) is 6.08 Å². The molecule has 0 saturated heterocycles. The fourth-order valence-electron chi connectivity index (χ4n) is 1.75. The number of nitrogens with zero attached hydrogens (tertiary/aromatic N) is 1. The summed E-state index contributed by atoms with van der Waals surface area (Å²) in [5, 5.41) is 28.9. The van der Waals surface area contributed by atoms with E-state index >= 15 is 0 Å². The third kappa shape index (κ3) is 1.78. The first kappa shape index (κ1) is 11.1. The summed E-state index contributed by atoms with van der Waals surface area (Å²) in [5.41, 5.74) is -1.08. The zero-order valence-corrected chi connectivity index (χ0v) is 7.98. The van der Waals surface area contributed by atoms with Crippen LogP contribution >= 0.6 is 0 Å². The average Bonchev–Trinajstić information content (AvgIpc) is 2.22. The van der Waals surface area contributed by atoms with Crippen molar-refractivity contribution >= 4 is 0 Å². The molecule has 0 heterocycles. The number of hydrogen-bond donors (Lipinski definition) is 2. The molecule has 0 aromatic heterocycles. The van der Waals surface area contributed by atoms with Gasteiger partial charge in [-0.2, -0.15) is 0 Å². The molecule has 80 valence electrons. The van der Waals surface area contributed by atoms with Gasteiger partial charge in [0.05, 0.1) is 0 Å². The van der Waals surface area contributed by atoms with Gasteiger partial charge in [0.2, 0.25) is 0 Å². The van der Waals surface area contributed by atoms with E-state index in [9.17, 15) is 10.1 Å². The van der Waals surface area contributed by atoms with E-state index in [0.29, 0.717) is 12.0 Å². The summed E-state index contributed by atoms with van der Waals surface area (Å²) >= 11 is 0. The van der Waals surface area contributed by atoms with Gasteiger partial charge >= 0.3 is 0 Å². The molecule has 0 aliphatic heterocycles.